The van der Waals surface area contributed by atoms with E-state index in [0.29, 0.717) is 22.9 Å². The first kappa shape index (κ1) is 32.7. The summed E-state index contributed by atoms with van der Waals surface area (Å²) < 4.78 is 53.2. The molecular weight excluding hydrogens is 585 g/mol. The Morgan fingerprint density at radius 2 is 1.62 bits per heavy atom. The first-order valence-corrected chi connectivity index (χ1v) is 15.0. The molecule has 3 rings (SSSR count). The monoisotopic (exact) mass is 619 g/mol. The van der Waals surface area contributed by atoms with Crippen LogP contribution in [-0.4, -0.2) is 58.5 Å². The summed E-state index contributed by atoms with van der Waals surface area (Å²) in [7, 11) is -1.60. The van der Waals surface area contributed by atoms with Crippen LogP contribution in [0.15, 0.2) is 71.6 Å². The van der Waals surface area contributed by atoms with E-state index < -0.39 is 40.2 Å². The average molecular weight is 620 g/mol. The molecule has 0 aliphatic rings. The van der Waals surface area contributed by atoms with Gasteiger partial charge in [-0.25, -0.2) is 12.8 Å². The summed E-state index contributed by atoms with van der Waals surface area (Å²) in [6.45, 7) is 5.17. The maximum absolute atomic E-state index is 14.0. The molecule has 0 aliphatic heterocycles. The van der Waals surface area contributed by atoms with Gasteiger partial charge in [-0.15, -0.1) is 0 Å². The third kappa shape index (κ3) is 8.13. The molecule has 0 saturated heterocycles. The molecule has 42 heavy (non-hydrogen) atoms. The summed E-state index contributed by atoms with van der Waals surface area (Å²) in [5.41, 5.74) is 0.703. The van der Waals surface area contributed by atoms with Crippen LogP contribution in [0.4, 0.5) is 10.1 Å². The minimum Gasteiger partial charge on any atom is -0.493 e. The number of methoxy groups -OCH3 is 2. The predicted octanol–water partition coefficient (Wildman–Crippen LogP) is 4.88. The van der Waals surface area contributed by atoms with Crippen molar-refractivity contribution in [2.24, 2.45) is 5.92 Å². The highest BCUT2D eigenvalue weighted by atomic mass is 35.5. The second kappa shape index (κ2) is 14.4. The number of rotatable bonds is 13. The van der Waals surface area contributed by atoms with E-state index in [2.05, 4.69) is 5.32 Å². The van der Waals surface area contributed by atoms with E-state index in [1.165, 1.54) is 49.5 Å². The van der Waals surface area contributed by atoms with Gasteiger partial charge in [0.25, 0.3) is 10.0 Å². The van der Waals surface area contributed by atoms with Crippen molar-refractivity contribution in [1.29, 1.82) is 0 Å². The van der Waals surface area contributed by atoms with Crippen LogP contribution in [0.1, 0.15) is 26.3 Å². The molecule has 3 aromatic carbocycles. The van der Waals surface area contributed by atoms with Crippen molar-refractivity contribution in [3.05, 3.63) is 83.1 Å². The summed E-state index contributed by atoms with van der Waals surface area (Å²) in [6.07, 6.45) is 0. The molecule has 2 amide bonds. The molecule has 0 bridgehead atoms. The van der Waals surface area contributed by atoms with E-state index in [4.69, 9.17) is 21.1 Å². The Bertz CT molecular complexity index is 1500. The van der Waals surface area contributed by atoms with E-state index in [1.54, 1.807) is 31.2 Å². The highest BCUT2D eigenvalue weighted by molar-refractivity contribution is 7.92. The van der Waals surface area contributed by atoms with Crippen LogP contribution in [0.3, 0.4) is 0 Å². The zero-order chi connectivity index (χ0) is 31.0. The van der Waals surface area contributed by atoms with Gasteiger partial charge in [0.2, 0.25) is 11.8 Å². The number of nitrogens with zero attached hydrogens (tertiary/aromatic N) is 2. The van der Waals surface area contributed by atoms with E-state index in [-0.39, 0.29) is 28.8 Å². The number of ether oxygens (including phenoxy) is 2. The number of hydrogen-bond acceptors (Lipinski definition) is 6. The molecular formula is C30H35ClFN3O6S. The SMILES string of the molecule is COc1ccc(S(=O)(=O)N(CC(=O)N(Cc2cccc(Cl)c2)[C@@H](C)C(=O)NCC(C)C)c2ccc(F)cc2)cc1OC. The molecule has 3 aromatic rings. The van der Waals surface area contributed by atoms with Gasteiger partial charge in [-0.2, -0.15) is 0 Å². The molecule has 1 atom stereocenters. The van der Waals surface area contributed by atoms with Gasteiger partial charge in [-0.1, -0.05) is 37.6 Å². The van der Waals surface area contributed by atoms with Gasteiger partial charge in [-0.05, 0) is 66.9 Å². The second-order valence-corrected chi connectivity index (χ2v) is 12.3. The third-order valence-corrected chi connectivity index (χ3v) is 8.44. The Kier molecular flexibility index (Phi) is 11.2. The highest BCUT2D eigenvalue weighted by Gasteiger charge is 2.33. The Morgan fingerprint density at radius 3 is 2.21 bits per heavy atom. The van der Waals surface area contributed by atoms with Gasteiger partial charge in [0.15, 0.2) is 11.5 Å². The highest BCUT2D eigenvalue weighted by Crippen LogP contribution is 2.32. The molecule has 0 radical (unpaired) electrons. The molecule has 0 aromatic heterocycles. The first-order valence-electron chi connectivity index (χ1n) is 13.2. The van der Waals surface area contributed by atoms with Crippen molar-refractivity contribution in [2.75, 3.05) is 31.6 Å². The molecule has 0 heterocycles. The van der Waals surface area contributed by atoms with Crippen molar-refractivity contribution in [3.8, 4) is 11.5 Å². The smallest absolute Gasteiger partial charge is 0.264 e. The zero-order valence-electron chi connectivity index (χ0n) is 24.1. The van der Waals surface area contributed by atoms with Crippen molar-refractivity contribution in [1.82, 2.24) is 10.2 Å². The van der Waals surface area contributed by atoms with E-state index >= 15 is 0 Å². The standard InChI is InChI=1S/C30H35ClFN3O6S/c1-20(2)17-33-30(37)21(3)34(18-22-7-6-8-23(31)15-22)29(36)19-35(25-11-9-24(32)10-12-25)42(38,39)26-13-14-27(40-4)28(16-26)41-5/h6-16,20-21H,17-19H2,1-5H3,(H,33,37)/t21-/m0/s1. The van der Waals surface area contributed by atoms with Crippen LogP contribution < -0.4 is 19.1 Å². The summed E-state index contributed by atoms with van der Waals surface area (Å²) in [6, 6.07) is 14.6. The Hall–Kier alpha value is -3.83. The van der Waals surface area contributed by atoms with Gasteiger partial charge in [0.1, 0.15) is 18.4 Å². The summed E-state index contributed by atoms with van der Waals surface area (Å²) >= 11 is 6.17. The second-order valence-electron chi connectivity index (χ2n) is 9.97. The van der Waals surface area contributed by atoms with Crippen LogP contribution in [0, 0.1) is 11.7 Å². The van der Waals surface area contributed by atoms with E-state index in [9.17, 15) is 22.4 Å². The van der Waals surface area contributed by atoms with Gasteiger partial charge in [0, 0.05) is 24.2 Å². The summed E-state index contributed by atoms with van der Waals surface area (Å²) in [4.78, 5) is 28.1. The topological polar surface area (TPSA) is 105 Å². The van der Waals surface area contributed by atoms with Crippen molar-refractivity contribution in [3.63, 3.8) is 0 Å². The number of anilines is 1. The lowest BCUT2D eigenvalue weighted by molar-refractivity contribution is -0.139. The van der Waals surface area contributed by atoms with Crippen molar-refractivity contribution < 1.29 is 31.9 Å². The normalized spacial score (nSPS) is 12.0. The number of benzene rings is 3. The van der Waals surface area contributed by atoms with Gasteiger partial charge >= 0.3 is 0 Å². The minimum absolute atomic E-state index is 0.0106. The first-order chi connectivity index (χ1) is 19.9. The lowest BCUT2D eigenvalue weighted by Gasteiger charge is -2.32. The van der Waals surface area contributed by atoms with Crippen molar-refractivity contribution in [2.45, 2.75) is 38.3 Å². The van der Waals surface area contributed by atoms with Crippen LogP contribution in [0.5, 0.6) is 11.5 Å². The number of halogens is 2. The maximum Gasteiger partial charge on any atom is 0.264 e. The van der Waals surface area contributed by atoms with Crippen molar-refractivity contribution >= 4 is 39.1 Å². The Morgan fingerprint density at radius 1 is 0.952 bits per heavy atom. The fourth-order valence-corrected chi connectivity index (χ4v) is 5.75. The van der Waals surface area contributed by atoms with E-state index in [0.717, 1.165) is 16.4 Å². The third-order valence-electron chi connectivity index (χ3n) is 6.43. The largest absolute Gasteiger partial charge is 0.493 e. The molecule has 0 aliphatic carbocycles. The van der Waals surface area contributed by atoms with Crippen LogP contribution in [0.2, 0.25) is 5.02 Å². The number of amides is 2. The fourth-order valence-electron chi connectivity index (χ4n) is 4.11. The fraction of sp³-hybridized carbons (Fsp3) is 0.333. The molecule has 12 heteroatoms. The molecule has 0 spiro atoms. The number of carbonyl (C=O) groups excluding carboxylic acids is 2. The number of sulfonamides is 1. The Labute approximate surface area is 251 Å². The summed E-state index contributed by atoms with van der Waals surface area (Å²) in [5.74, 6) is -0.965. The molecule has 0 fully saturated rings. The quantitative estimate of drug-likeness (QED) is 0.292. The predicted molar refractivity (Wildman–Crippen MR) is 160 cm³/mol. The van der Waals surface area contributed by atoms with Crippen LogP contribution >= 0.6 is 11.6 Å². The van der Waals surface area contributed by atoms with Crippen LogP contribution in [-0.2, 0) is 26.2 Å². The molecule has 226 valence electrons. The molecule has 1 N–H and O–H groups in total. The number of nitrogens with one attached hydrogen (secondary N) is 1. The Balaban J connectivity index is 2.05. The number of carbonyl (C=O) groups is 2. The molecule has 9 nitrogen and oxygen atoms in total. The lowest BCUT2D eigenvalue weighted by Crippen LogP contribution is -2.51. The minimum atomic E-state index is -4.39. The molecule has 0 saturated carbocycles. The van der Waals surface area contributed by atoms with Gasteiger partial charge in [0.05, 0.1) is 24.8 Å². The van der Waals surface area contributed by atoms with E-state index in [1.807, 2.05) is 13.8 Å². The summed E-state index contributed by atoms with van der Waals surface area (Å²) in [5, 5.41) is 3.27. The lowest BCUT2D eigenvalue weighted by atomic mass is 10.1. The maximum atomic E-state index is 14.0. The van der Waals surface area contributed by atoms with Gasteiger partial charge < -0.3 is 19.7 Å². The molecule has 0 unspecified atom stereocenters. The zero-order valence-corrected chi connectivity index (χ0v) is 25.7. The average Bonchev–Trinajstić information content (AvgIpc) is 2.97. The van der Waals surface area contributed by atoms with Crippen LogP contribution in [0.25, 0.3) is 0 Å². The number of hydrogen-bond donors (Lipinski definition) is 1. The van der Waals surface area contributed by atoms with Gasteiger partial charge in [-0.3, -0.25) is 13.9 Å².